The number of allylic oxidation sites excluding steroid dienone is 3. The second-order valence-corrected chi connectivity index (χ2v) is 6.61. The van der Waals surface area contributed by atoms with Crippen LogP contribution >= 0.6 is 0 Å². The molecule has 0 aliphatic carbocycles. The van der Waals surface area contributed by atoms with Crippen LogP contribution in [0.2, 0.25) is 3.43 Å². The van der Waals surface area contributed by atoms with Crippen molar-refractivity contribution in [1.82, 2.24) is 0 Å². The number of hydrogen-bond donors (Lipinski definition) is 0. The Bertz CT molecular complexity index is 183. The second-order valence-electron chi connectivity index (χ2n) is 3.77. The van der Waals surface area contributed by atoms with Gasteiger partial charge in [-0.1, -0.05) is 0 Å². The molecular weight excluding hydrogens is 275 g/mol. The molecule has 0 bridgehead atoms. The third-order valence-electron chi connectivity index (χ3n) is 2.74. The molecule has 0 nitrogen and oxygen atoms in total. The molecule has 0 saturated carbocycles. The van der Waals surface area contributed by atoms with Gasteiger partial charge in [-0.15, -0.1) is 0 Å². The molecule has 0 fully saturated rings. The summed E-state index contributed by atoms with van der Waals surface area (Å²) < 4.78 is 0.402. The first-order valence-electron chi connectivity index (χ1n) is 5.22. The summed E-state index contributed by atoms with van der Waals surface area (Å²) in [5, 5.41) is 0. The Morgan fingerprint density at radius 1 is 1.14 bits per heavy atom. The van der Waals surface area contributed by atoms with Crippen molar-refractivity contribution in [3.63, 3.8) is 0 Å². The molecule has 0 aromatic rings. The second kappa shape index (κ2) is 7.33. The van der Waals surface area contributed by atoms with Crippen molar-refractivity contribution in [2.24, 2.45) is 5.92 Å². The van der Waals surface area contributed by atoms with Crippen molar-refractivity contribution in [3.8, 4) is 0 Å². The van der Waals surface area contributed by atoms with E-state index in [1.807, 2.05) is 18.2 Å². The molecule has 0 aromatic heterocycles. The third kappa shape index (κ3) is 4.03. The Kier molecular flexibility index (Phi) is 7.34. The summed E-state index contributed by atoms with van der Waals surface area (Å²) >= 11 is 1.60. The van der Waals surface area contributed by atoms with Crippen LogP contribution < -0.4 is 0 Å². The standard InChI is InChI=1S/C13H21.Sn/c1-5-9-12(8-4)13(10-6-2)11-7-3;/h5-7,12H,1-3,8-11H2,4H3;. The molecular formula is C13H21Sn. The third-order valence-corrected chi connectivity index (χ3v) is 5.07. The zero-order valence-electron chi connectivity index (χ0n) is 9.26. The Morgan fingerprint density at radius 3 is 1.93 bits per heavy atom. The van der Waals surface area contributed by atoms with Crippen molar-refractivity contribution >= 4 is 22.5 Å². The van der Waals surface area contributed by atoms with E-state index in [9.17, 15) is 0 Å². The Labute approximate surface area is 102 Å². The van der Waals surface area contributed by atoms with Gasteiger partial charge in [-0.25, -0.2) is 0 Å². The van der Waals surface area contributed by atoms with Gasteiger partial charge < -0.3 is 0 Å². The zero-order valence-corrected chi connectivity index (χ0v) is 12.1. The van der Waals surface area contributed by atoms with Crippen LogP contribution in [0, 0.1) is 5.92 Å². The monoisotopic (exact) mass is 297 g/mol. The predicted molar refractivity (Wildman–Crippen MR) is 66.7 cm³/mol. The van der Waals surface area contributed by atoms with E-state index >= 15 is 0 Å². The van der Waals surface area contributed by atoms with Crippen molar-refractivity contribution < 1.29 is 0 Å². The molecule has 14 heavy (non-hydrogen) atoms. The molecule has 0 amide bonds. The molecule has 3 radical (unpaired) electrons. The molecule has 0 aliphatic heterocycles. The average Bonchev–Trinajstić information content (AvgIpc) is 2.14. The molecule has 0 N–H and O–H groups in total. The van der Waals surface area contributed by atoms with Gasteiger partial charge in [0, 0.05) is 0 Å². The normalized spacial score (nSPS) is 13.3. The molecule has 1 unspecified atom stereocenters. The predicted octanol–water partition coefficient (Wildman–Crippen LogP) is 4.07. The number of rotatable bonds is 8. The Balaban J connectivity index is 4.62. The van der Waals surface area contributed by atoms with E-state index < -0.39 is 0 Å². The van der Waals surface area contributed by atoms with E-state index in [1.165, 1.54) is 6.42 Å². The molecule has 0 aromatic carbocycles. The fourth-order valence-corrected chi connectivity index (χ4v) is 3.66. The SMILES string of the molecule is C=CCC(CC)[C]([Sn])(CC=C)CC=C. The van der Waals surface area contributed by atoms with Gasteiger partial charge in [0.2, 0.25) is 0 Å². The molecule has 1 heteroatoms. The summed E-state index contributed by atoms with van der Waals surface area (Å²) in [6.45, 7) is 13.8. The van der Waals surface area contributed by atoms with Gasteiger partial charge in [-0.05, 0) is 0 Å². The molecule has 0 spiro atoms. The van der Waals surface area contributed by atoms with Gasteiger partial charge in [0.15, 0.2) is 0 Å². The summed E-state index contributed by atoms with van der Waals surface area (Å²) in [6.07, 6.45) is 10.7. The maximum atomic E-state index is 3.86. The number of hydrogen-bond acceptors (Lipinski definition) is 0. The fraction of sp³-hybridized carbons (Fsp3) is 0.538. The molecule has 0 aliphatic rings. The Morgan fingerprint density at radius 2 is 1.64 bits per heavy atom. The summed E-state index contributed by atoms with van der Waals surface area (Å²) in [5.41, 5.74) is 0. The first-order valence-corrected chi connectivity index (χ1v) is 6.65. The quantitative estimate of drug-likeness (QED) is 0.468. The van der Waals surface area contributed by atoms with Crippen molar-refractivity contribution in [3.05, 3.63) is 38.0 Å². The van der Waals surface area contributed by atoms with Crippen LogP contribution in [0.3, 0.4) is 0 Å². The van der Waals surface area contributed by atoms with Crippen LogP contribution in [0.5, 0.6) is 0 Å². The minimum absolute atomic E-state index is 0.402. The average molecular weight is 296 g/mol. The molecule has 0 heterocycles. The van der Waals surface area contributed by atoms with Crippen molar-refractivity contribution in [2.75, 3.05) is 0 Å². The van der Waals surface area contributed by atoms with Crippen LogP contribution in [0.4, 0.5) is 0 Å². The van der Waals surface area contributed by atoms with Crippen molar-refractivity contribution in [2.45, 2.75) is 36.0 Å². The van der Waals surface area contributed by atoms with Crippen LogP contribution in [-0.2, 0) is 0 Å². The summed E-state index contributed by atoms with van der Waals surface area (Å²) in [5.74, 6) is 0.731. The van der Waals surface area contributed by atoms with Gasteiger partial charge >= 0.3 is 102 Å². The summed E-state index contributed by atoms with van der Waals surface area (Å²) in [4.78, 5) is 0. The first-order chi connectivity index (χ1) is 6.64. The molecule has 1 atom stereocenters. The van der Waals surface area contributed by atoms with Crippen LogP contribution in [0.15, 0.2) is 38.0 Å². The maximum absolute atomic E-state index is 3.86. The van der Waals surface area contributed by atoms with Crippen LogP contribution in [0.1, 0.15) is 32.6 Å². The summed E-state index contributed by atoms with van der Waals surface area (Å²) in [7, 11) is 0. The van der Waals surface area contributed by atoms with Crippen LogP contribution in [-0.4, -0.2) is 22.5 Å². The van der Waals surface area contributed by atoms with E-state index in [0.717, 1.165) is 25.2 Å². The topological polar surface area (TPSA) is 0 Å². The first kappa shape index (κ1) is 14.0. The fourth-order valence-electron chi connectivity index (χ4n) is 1.92. The van der Waals surface area contributed by atoms with Gasteiger partial charge in [0.25, 0.3) is 0 Å². The molecule has 0 saturated heterocycles. The molecule has 77 valence electrons. The van der Waals surface area contributed by atoms with E-state index in [4.69, 9.17) is 0 Å². The van der Waals surface area contributed by atoms with Crippen molar-refractivity contribution in [1.29, 1.82) is 0 Å². The molecule has 0 rings (SSSR count). The van der Waals surface area contributed by atoms with E-state index in [2.05, 4.69) is 26.7 Å². The van der Waals surface area contributed by atoms with Crippen LogP contribution in [0.25, 0.3) is 0 Å². The van der Waals surface area contributed by atoms with Gasteiger partial charge in [-0.3, -0.25) is 0 Å². The zero-order chi connectivity index (χ0) is 11.0. The Hall–Kier alpha value is 0.0187. The summed E-state index contributed by atoms with van der Waals surface area (Å²) in [6, 6.07) is 0. The van der Waals surface area contributed by atoms with Gasteiger partial charge in [0.05, 0.1) is 0 Å². The minimum atomic E-state index is 0.402. The van der Waals surface area contributed by atoms with Gasteiger partial charge in [0.1, 0.15) is 0 Å². The van der Waals surface area contributed by atoms with E-state index in [-0.39, 0.29) is 0 Å². The van der Waals surface area contributed by atoms with Gasteiger partial charge in [-0.2, -0.15) is 0 Å². The van der Waals surface area contributed by atoms with E-state index in [0.29, 0.717) is 3.43 Å². The van der Waals surface area contributed by atoms with E-state index in [1.54, 1.807) is 22.5 Å².